The molecule has 1 amide bonds. The third-order valence-corrected chi connectivity index (χ3v) is 6.73. The number of benzene rings is 3. The maximum atomic E-state index is 13.1. The summed E-state index contributed by atoms with van der Waals surface area (Å²) in [5.41, 5.74) is 7.02. The topological polar surface area (TPSA) is 30.0 Å². The van der Waals surface area contributed by atoms with Crippen LogP contribution < -0.4 is 9.80 Å². The zero-order valence-electron chi connectivity index (χ0n) is 20.0. The van der Waals surface area contributed by atoms with Crippen LogP contribution in [0, 0.1) is 13.8 Å². The first-order valence-corrected chi connectivity index (χ1v) is 12.0. The number of carbonyl (C=O) groups is 1. The smallest absolute Gasteiger partial charge is 0.253 e. The maximum absolute atomic E-state index is 13.1. The van der Waals surface area contributed by atoms with E-state index in [1.54, 1.807) is 0 Å². The monoisotopic (exact) mass is 452 g/mol. The first kappa shape index (κ1) is 22.1. The molecule has 2 heterocycles. The molecular weight excluding hydrogens is 420 g/mol. The highest BCUT2D eigenvalue weighted by Gasteiger charge is 2.23. The highest BCUT2D eigenvalue weighted by atomic mass is 16.2. The molecule has 0 saturated carbocycles. The summed E-state index contributed by atoms with van der Waals surface area (Å²) in [5.74, 6) is 0.120. The fourth-order valence-electron chi connectivity index (χ4n) is 4.84. The van der Waals surface area contributed by atoms with Crippen LogP contribution in [-0.2, 0) is 6.54 Å². The van der Waals surface area contributed by atoms with Crippen molar-refractivity contribution in [3.05, 3.63) is 107 Å². The largest absolute Gasteiger partial charge is 0.368 e. The Labute approximate surface area is 202 Å². The number of nitrogens with zero attached hydrogens (tertiary/aromatic N) is 4. The van der Waals surface area contributed by atoms with Crippen LogP contribution >= 0.6 is 0 Å². The van der Waals surface area contributed by atoms with E-state index in [9.17, 15) is 4.79 Å². The minimum absolute atomic E-state index is 0.120. The second-order valence-corrected chi connectivity index (χ2v) is 9.26. The summed E-state index contributed by atoms with van der Waals surface area (Å²) in [6, 6.07) is 25.1. The van der Waals surface area contributed by atoms with Gasteiger partial charge in [0.05, 0.1) is 6.67 Å². The van der Waals surface area contributed by atoms with Gasteiger partial charge in [-0.05, 0) is 55.3 Å². The van der Waals surface area contributed by atoms with Gasteiger partial charge in [-0.3, -0.25) is 4.79 Å². The van der Waals surface area contributed by atoms with E-state index in [1.165, 1.54) is 22.4 Å². The predicted molar refractivity (Wildman–Crippen MR) is 139 cm³/mol. The van der Waals surface area contributed by atoms with E-state index in [0.717, 1.165) is 50.6 Å². The van der Waals surface area contributed by atoms with Crippen molar-refractivity contribution in [1.29, 1.82) is 0 Å². The average molecular weight is 453 g/mol. The molecule has 0 radical (unpaired) electrons. The number of aryl methyl sites for hydroxylation is 2. The minimum atomic E-state index is 0.120. The fraction of sp³-hybridized carbons (Fsp3) is 0.276. The molecule has 3 aromatic carbocycles. The van der Waals surface area contributed by atoms with E-state index < -0.39 is 0 Å². The van der Waals surface area contributed by atoms with E-state index in [4.69, 9.17) is 0 Å². The molecule has 0 bridgehead atoms. The van der Waals surface area contributed by atoms with Crippen LogP contribution in [0.2, 0.25) is 0 Å². The molecule has 5 heteroatoms. The number of carbonyl (C=O) groups excluding carboxylic acids is 1. The highest BCUT2D eigenvalue weighted by molar-refractivity contribution is 5.94. The van der Waals surface area contributed by atoms with E-state index >= 15 is 0 Å². The zero-order valence-corrected chi connectivity index (χ0v) is 20.0. The first-order chi connectivity index (χ1) is 16.6. The van der Waals surface area contributed by atoms with Crippen molar-refractivity contribution in [3.8, 4) is 0 Å². The van der Waals surface area contributed by atoms with Gasteiger partial charge < -0.3 is 19.6 Å². The standard InChI is InChI=1S/C29H32N4O/c1-23-8-13-28(24(2)20-23)31-16-18-32(19-17-31)29(34)26-9-11-27(12-10-26)33-15-14-30(22-33)21-25-6-4-3-5-7-25/h3-15,20H,16-19,21-22H2,1-2H3. The molecule has 2 aliphatic heterocycles. The first-order valence-electron chi connectivity index (χ1n) is 12.0. The van der Waals surface area contributed by atoms with Gasteiger partial charge in [0.15, 0.2) is 0 Å². The Bertz CT molecular complexity index is 1160. The molecular formula is C29H32N4O. The summed E-state index contributed by atoms with van der Waals surface area (Å²) in [4.78, 5) is 22.0. The Hall–Kier alpha value is -3.73. The zero-order chi connectivity index (χ0) is 23.5. The highest BCUT2D eigenvalue weighted by Crippen LogP contribution is 2.24. The molecule has 3 aromatic rings. The number of amides is 1. The van der Waals surface area contributed by atoms with Crippen molar-refractivity contribution in [2.75, 3.05) is 42.6 Å². The Balaban J connectivity index is 1.16. The lowest BCUT2D eigenvalue weighted by Gasteiger charge is -2.37. The van der Waals surface area contributed by atoms with Crippen molar-refractivity contribution in [1.82, 2.24) is 9.80 Å². The van der Waals surface area contributed by atoms with Crippen molar-refractivity contribution in [2.24, 2.45) is 0 Å². The quantitative estimate of drug-likeness (QED) is 0.544. The number of piperazine rings is 1. The normalized spacial score (nSPS) is 15.8. The summed E-state index contributed by atoms with van der Waals surface area (Å²) in [6.45, 7) is 9.21. The van der Waals surface area contributed by atoms with Crippen LogP contribution in [0.15, 0.2) is 85.2 Å². The van der Waals surface area contributed by atoms with Crippen molar-refractivity contribution in [3.63, 3.8) is 0 Å². The Kier molecular flexibility index (Phi) is 6.26. The maximum Gasteiger partial charge on any atom is 0.253 e. The minimum Gasteiger partial charge on any atom is -0.368 e. The summed E-state index contributed by atoms with van der Waals surface area (Å²) in [7, 11) is 0. The Morgan fingerprint density at radius 1 is 0.824 bits per heavy atom. The molecule has 0 aliphatic carbocycles. The van der Waals surface area contributed by atoms with Crippen LogP contribution in [0.5, 0.6) is 0 Å². The molecule has 0 atom stereocenters. The molecule has 5 rings (SSSR count). The molecule has 1 fully saturated rings. The lowest BCUT2D eigenvalue weighted by Crippen LogP contribution is -2.49. The van der Waals surface area contributed by atoms with E-state index in [1.807, 2.05) is 23.1 Å². The van der Waals surface area contributed by atoms with Gasteiger partial charge >= 0.3 is 0 Å². The molecule has 34 heavy (non-hydrogen) atoms. The van der Waals surface area contributed by atoms with E-state index in [2.05, 4.69) is 95.5 Å². The molecule has 2 aliphatic rings. The number of anilines is 2. The lowest BCUT2D eigenvalue weighted by atomic mass is 10.1. The third kappa shape index (κ3) is 4.79. The number of hydrogen-bond donors (Lipinski definition) is 0. The van der Waals surface area contributed by atoms with Gasteiger partial charge in [0.1, 0.15) is 0 Å². The van der Waals surface area contributed by atoms with Crippen molar-refractivity contribution >= 4 is 17.3 Å². The van der Waals surface area contributed by atoms with Gasteiger partial charge in [-0.15, -0.1) is 0 Å². The van der Waals surface area contributed by atoms with Gasteiger partial charge in [0, 0.05) is 62.1 Å². The average Bonchev–Trinajstić information content (AvgIpc) is 3.33. The van der Waals surface area contributed by atoms with Gasteiger partial charge in [0.25, 0.3) is 5.91 Å². The van der Waals surface area contributed by atoms with Gasteiger partial charge in [-0.25, -0.2) is 0 Å². The molecule has 0 unspecified atom stereocenters. The number of hydrogen-bond acceptors (Lipinski definition) is 4. The van der Waals surface area contributed by atoms with Crippen molar-refractivity contribution in [2.45, 2.75) is 20.4 Å². The van der Waals surface area contributed by atoms with Crippen LogP contribution in [0.1, 0.15) is 27.0 Å². The van der Waals surface area contributed by atoms with E-state index in [-0.39, 0.29) is 5.91 Å². The summed E-state index contributed by atoms with van der Waals surface area (Å²) in [5, 5.41) is 0. The Morgan fingerprint density at radius 3 is 2.26 bits per heavy atom. The molecule has 0 spiro atoms. The second kappa shape index (κ2) is 9.64. The van der Waals surface area contributed by atoms with E-state index in [0.29, 0.717) is 0 Å². The summed E-state index contributed by atoms with van der Waals surface area (Å²) < 4.78 is 0. The Morgan fingerprint density at radius 2 is 1.56 bits per heavy atom. The molecule has 0 N–H and O–H groups in total. The SMILES string of the molecule is Cc1ccc(N2CCN(C(=O)c3ccc(N4C=CN(Cc5ccccc5)C4)cc3)CC2)c(C)c1. The molecule has 5 nitrogen and oxygen atoms in total. The molecule has 0 aromatic heterocycles. The van der Waals surface area contributed by atoms with Gasteiger partial charge in [0.2, 0.25) is 0 Å². The predicted octanol–water partition coefficient (Wildman–Crippen LogP) is 5.02. The lowest BCUT2D eigenvalue weighted by molar-refractivity contribution is 0.0747. The van der Waals surface area contributed by atoms with Crippen LogP contribution in [0.4, 0.5) is 11.4 Å². The molecule has 1 saturated heterocycles. The fourth-order valence-corrected chi connectivity index (χ4v) is 4.84. The summed E-state index contributed by atoms with van der Waals surface area (Å²) >= 11 is 0. The van der Waals surface area contributed by atoms with Crippen LogP contribution in [-0.4, -0.2) is 48.6 Å². The van der Waals surface area contributed by atoms with Crippen LogP contribution in [0.25, 0.3) is 0 Å². The third-order valence-electron chi connectivity index (χ3n) is 6.73. The second-order valence-electron chi connectivity index (χ2n) is 9.26. The van der Waals surface area contributed by atoms with Crippen LogP contribution in [0.3, 0.4) is 0 Å². The molecule has 174 valence electrons. The van der Waals surface area contributed by atoms with Crippen molar-refractivity contribution < 1.29 is 4.79 Å². The number of rotatable bonds is 5. The van der Waals surface area contributed by atoms with Gasteiger partial charge in [-0.2, -0.15) is 0 Å². The van der Waals surface area contributed by atoms with Gasteiger partial charge in [-0.1, -0.05) is 48.0 Å². The summed E-state index contributed by atoms with van der Waals surface area (Å²) in [6.07, 6.45) is 4.23.